The average molecular weight is 372 g/mol. The van der Waals surface area contributed by atoms with E-state index in [1.165, 1.54) is 0 Å². The molecule has 0 heterocycles. The van der Waals surface area contributed by atoms with Crippen molar-refractivity contribution in [3.63, 3.8) is 0 Å². The lowest BCUT2D eigenvalue weighted by Gasteiger charge is -2.10. The number of aliphatic hydroxyl groups excluding tert-OH is 1. The van der Waals surface area contributed by atoms with Gasteiger partial charge in [-0.05, 0) is 48.9 Å². The molecule has 0 aliphatic carbocycles. The lowest BCUT2D eigenvalue weighted by Crippen LogP contribution is -1.93. The van der Waals surface area contributed by atoms with Gasteiger partial charge in [0, 0.05) is 8.95 Å². The van der Waals surface area contributed by atoms with Crippen molar-refractivity contribution in [2.45, 2.75) is 13.0 Å². The van der Waals surface area contributed by atoms with Gasteiger partial charge in [0.05, 0.1) is 6.10 Å². The summed E-state index contributed by atoms with van der Waals surface area (Å²) in [6, 6.07) is 13.2. The van der Waals surface area contributed by atoms with Gasteiger partial charge in [-0.3, -0.25) is 0 Å². The van der Waals surface area contributed by atoms with E-state index in [0.717, 1.165) is 26.0 Å². The van der Waals surface area contributed by atoms with Crippen LogP contribution in [0.4, 0.5) is 0 Å². The standard InChI is InChI=1S/C14H12Br2O2/c1-9(17)13-7-6-12(8-14(13)16)18-11-4-2-10(15)3-5-11/h2-9,17H,1H3/t9-/m0/s1. The van der Waals surface area contributed by atoms with Crippen LogP contribution in [0, 0.1) is 0 Å². The number of halogens is 2. The zero-order chi connectivity index (χ0) is 13.1. The number of hydrogen-bond acceptors (Lipinski definition) is 2. The summed E-state index contributed by atoms with van der Waals surface area (Å²) in [5.74, 6) is 1.50. The number of rotatable bonds is 3. The second kappa shape index (κ2) is 5.87. The average Bonchev–Trinajstić information content (AvgIpc) is 2.32. The fourth-order valence-corrected chi connectivity index (χ4v) is 2.50. The van der Waals surface area contributed by atoms with E-state index in [1.807, 2.05) is 42.5 Å². The molecule has 2 rings (SSSR count). The van der Waals surface area contributed by atoms with Gasteiger partial charge in [0.2, 0.25) is 0 Å². The van der Waals surface area contributed by atoms with Crippen LogP contribution in [0.3, 0.4) is 0 Å². The van der Waals surface area contributed by atoms with Crippen LogP contribution < -0.4 is 4.74 Å². The highest BCUT2D eigenvalue weighted by Gasteiger charge is 2.07. The minimum absolute atomic E-state index is 0.499. The van der Waals surface area contributed by atoms with Gasteiger partial charge in [0.25, 0.3) is 0 Å². The number of ether oxygens (including phenoxy) is 1. The number of hydrogen-bond donors (Lipinski definition) is 1. The molecule has 0 amide bonds. The van der Waals surface area contributed by atoms with Crippen LogP contribution in [0.5, 0.6) is 11.5 Å². The van der Waals surface area contributed by atoms with Crippen molar-refractivity contribution >= 4 is 31.9 Å². The monoisotopic (exact) mass is 370 g/mol. The SMILES string of the molecule is C[C@H](O)c1ccc(Oc2ccc(Br)cc2)cc1Br. The van der Waals surface area contributed by atoms with Crippen LogP contribution in [0.2, 0.25) is 0 Å². The molecule has 0 saturated carbocycles. The highest BCUT2D eigenvalue weighted by molar-refractivity contribution is 9.10. The minimum Gasteiger partial charge on any atom is -0.457 e. The summed E-state index contributed by atoms with van der Waals surface area (Å²) in [5.41, 5.74) is 0.846. The van der Waals surface area contributed by atoms with E-state index in [1.54, 1.807) is 6.92 Å². The Bertz CT molecular complexity index is 536. The Morgan fingerprint density at radius 1 is 1.00 bits per heavy atom. The van der Waals surface area contributed by atoms with Crippen molar-refractivity contribution in [1.82, 2.24) is 0 Å². The molecule has 0 aliphatic rings. The fourth-order valence-electron chi connectivity index (χ4n) is 1.55. The zero-order valence-electron chi connectivity index (χ0n) is 9.73. The van der Waals surface area contributed by atoms with Crippen LogP contribution in [0.15, 0.2) is 51.4 Å². The fraction of sp³-hybridized carbons (Fsp3) is 0.143. The first-order chi connectivity index (χ1) is 8.56. The molecule has 2 aromatic rings. The molecule has 0 fully saturated rings. The smallest absolute Gasteiger partial charge is 0.128 e. The maximum absolute atomic E-state index is 9.54. The van der Waals surface area contributed by atoms with E-state index >= 15 is 0 Å². The van der Waals surface area contributed by atoms with Crippen molar-refractivity contribution in [2.24, 2.45) is 0 Å². The molecule has 2 aromatic carbocycles. The first kappa shape index (κ1) is 13.6. The summed E-state index contributed by atoms with van der Waals surface area (Å²) in [5, 5.41) is 9.54. The molecule has 1 atom stereocenters. The Morgan fingerprint density at radius 2 is 1.61 bits per heavy atom. The lowest BCUT2D eigenvalue weighted by molar-refractivity contribution is 0.198. The molecule has 0 spiro atoms. The first-order valence-electron chi connectivity index (χ1n) is 5.47. The number of aliphatic hydroxyl groups is 1. The van der Waals surface area contributed by atoms with Crippen LogP contribution in [0.1, 0.15) is 18.6 Å². The van der Waals surface area contributed by atoms with Crippen molar-refractivity contribution in [2.75, 3.05) is 0 Å². The summed E-state index contributed by atoms with van der Waals surface area (Å²) >= 11 is 6.80. The van der Waals surface area contributed by atoms with E-state index in [4.69, 9.17) is 4.74 Å². The van der Waals surface area contributed by atoms with E-state index in [2.05, 4.69) is 31.9 Å². The van der Waals surface area contributed by atoms with Gasteiger partial charge in [-0.1, -0.05) is 37.9 Å². The van der Waals surface area contributed by atoms with Crippen LogP contribution in [0.25, 0.3) is 0 Å². The molecular weight excluding hydrogens is 360 g/mol. The second-order valence-corrected chi connectivity index (χ2v) is 5.69. The largest absolute Gasteiger partial charge is 0.457 e. The van der Waals surface area contributed by atoms with Crippen LogP contribution in [-0.2, 0) is 0 Å². The summed E-state index contributed by atoms with van der Waals surface area (Å²) in [6.45, 7) is 1.73. The third kappa shape index (κ3) is 3.34. The molecular formula is C14H12Br2O2. The number of benzene rings is 2. The molecule has 0 unspecified atom stereocenters. The molecule has 0 saturated heterocycles. The maximum Gasteiger partial charge on any atom is 0.128 e. The molecule has 0 aromatic heterocycles. The molecule has 0 radical (unpaired) electrons. The van der Waals surface area contributed by atoms with Gasteiger partial charge in [-0.15, -0.1) is 0 Å². The Morgan fingerprint density at radius 3 is 2.17 bits per heavy atom. The topological polar surface area (TPSA) is 29.5 Å². The predicted octanol–water partition coefficient (Wildman–Crippen LogP) is 5.06. The minimum atomic E-state index is -0.499. The Kier molecular flexibility index (Phi) is 4.43. The van der Waals surface area contributed by atoms with E-state index < -0.39 is 6.10 Å². The Labute approximate surface area is 123 Å². The zero-order valence-corrected chi connectivity index (χ0v) is 12.9. The summed E-state index contributed by atoms with van der Waals surface area (Å²) in [6.07, 6.45) is -0.499. The van der Waals surface area contributed by atoms with E-state index in [9.17, 15) is 5.11 Å². The van der Waals surface area contributed by atoms with Crippen molar-refractivity contribution in [3.8, 4) is 11.5 Å². The van der Waals surface area contributed by atoms with Crippen molar-refractivity contribution < 1.29 is 9.84 Å². The molecule has 4 heteroatoms. The molecule has 0 aliphatic heterocycles. The summed E-state index contributed by atoms with van der Waals surface area (Å²) in [4.78, 5) is 0. The van der Waals surface area contributed by atoms with Crippen LogP contribution in [-0.4, -0.2) is 5.11 Å². The third-order valence-electron chi connectivity index (χ3n) is 2.47. The van der Waals surface area contributed by atoms with Gasteiger partial charge in [0.1, 0.15) is 11.5 Å². The highest BCUT2D eigenvalue weighted by Crippen LogP contribution is 2.30. The lowest BCUT2D eigenvalue weighted by atomic mass is 10.1. The van der Waals surface area contributed by atoms with Gasteiger partial charge in [-0.2, -0.15) is 0 Å². The van der Waals surface area contributed by atoms with Gasteiger partial charge in [-0.25, -0.2) is 0 Å². The Balaban J connectivity index is 2.20. The summed E-state index contributed by atoms with van der Waals surface area (Å²) < 4.78 is 7.57. The highest BCUT2D eigenvalue weighted by atomic mass is 79.9. The van der Waals surface area contributed by atoms with Gasteiger partial charge >= 0.3 is 0 Å². The molecule has 0 bridgehead atoms. The molecule has 1 N–H and O–H groups in total. The maximum atomic E-state index is 9.54. The normalized spacial score (nSPS) is 12.2. The van der Waals surface area contributed by atoms with E-state index in [-0.39, 0.29) is 0 Å². The quantitative estimate of drug-likeness (QED) is 0.817. The van der Waals surface area contributed by atoms with Crippen LogP contribution >= 0.6 is 31.9 Å². The van der Waals surface area contributed by atoms with Crippen molar-refractivity contribution in [1.29, 1.82) is 0 Å². The predicted molar refractivity (Wildman–Crippen MR) is 79.0 cm³/mol. The molecule has 2 nitrogen and oxygen atoms in total. The first-order valence-corrected chi connectivity index (χ1v) is 7.06. The molecule has 94 valence electrons. The molecule has 18 heavy (non-hydrogen) atoms. The Hall–Kier alpha value is -0.840. The second-order valence-electron chi connectivity index (χ2n) is 3.92. The summed E-state index contributed by atoms with van der Waals surface area (Å²) in [7, 11) is 0. The van der Waals surface area contributed by atoms with Gasteiger partial charge in [0.15, 0.2) is 0 Å². The third-order valence-corrected chi connectivity index (χ3v) is 3.69. The van der Waals surface area contributed by atoms with Crippen molar-refractivity contribution in [3.05, 3.63) is 57.0 Å². The van der Waals surface area contributed by atoms with Gasteiger partial charge < -0.3 is 9.84 Å². The van der Waals surface area contributed by atoms with E-state index in [0.29, 0.717) is 0 Å².